The molecular weight excluding hydrogens is 306 g/mol. The first-order valence-electron chi connectivity index (χ1n) is 7.60. The minimum atomic E-state index is -0.424. The molecule has 0 saturated carbocycles. The lowest BCUT2D eigenvalue weighted by Gasteiger charge is -2.07. The van der Waals surface area contributed by atoms with E-state index in [0.717, 1.165) is 10.9 Å². The van der Waals surface area contributed by atoms with Gasteiger partial charge in [0.05, 0.1) is 19.1 Å². The van der Waals surface area contributed by atoms with E-state index in [1.54, 1.807) is 24.3 Å². The predicted molar refractivity (Wildman–Crippen MR) is 90.0 cm³/mol. The van der Waals surface area contributed by atoms with Gasteiger partial charge in [0.1, 0.15) is 5.75 Å². The SMILES string of the molecule is COC(=O)c1ccc(OC(=O)CCn2ccc3ccccc32)cc1. The highest BCUT2D eigenvalue weighted by Crippen LogP contribution is 2.17. The summed E-state index contributed by atoms with van der Waals surface area (Å²) < 4.78 is 11.9. The van der Waals surface area contributed by atoms with Gasteiger partial charge in [-0.15, -0.1) is 0 Å². The zero-order valence-electron chi connectivity index (χ0n) is 13.3. The molecule has 5 nitrogen and oxygen atoms in total. The Labute approximate surface area is 139 Å². The third-order valence-corrected chi connectivity index (χ3v) is 3.74. The van der Waals surface area contributed by atoms with Crippen LogP contribution in [0.4, 0.5) is 0 Å². The fraction of sp³-hybridized carbons (Fsp3) is 0.158. The van der Waals surface area contributed by atoms with Crippen LogP contribution in [0.3, 0.4) is 0 Å². The van der Waals surface area contributed by atoms with Crippen LogP contribution >= 0.6 is 0 Å². The number of hydrogen-bond acceptors (Lipinski definition) is 4. The molecule has 0 fully saturated rings. The van der Waals surface area contributed by atoms with Crippen LogP contribution in [0.25, 0.3) is 10.9 Å². The third-order valence-electron chi connectivity index (χ3n) is 3.74. The molecule has 0 N–H and O–H groups in total. The van der Waals surface area contributed by atoms with Gasteiger partial charge in [-0.2, -0.15) is 0 Å². The Kier molecular flexibility index (Phi) is 4.61. The number of fused-ring (bicyclic) bond motifs is 1. The number of benzene rings is 2. The van der Waals surface area contributed by atoms with Crippen molar-refractivity contribution in [1.82, 2.24) is 4.57 Å². The van der Waals surface area contributed by atoms with E-state index in [1.165, 1.54) is 7.11 Å². The van der Waals surface area contributed by atoms with E-state index in [4.69, 9.17) is 4.74 Å². The molecule has 1 aromatic heterocycles. The Hall–Kier alpha value is -3.08. The van der Waals surface area contributed by atoms with Crippen LogP contribution in [0, 0.1) is 0 Å². The average molecular weight is 323 g/mol. The summed E-state index contributed by atoms with van der Waals surface area (Å²) >= 11 is 0. The number of para-hydroxylation sites is 1. The summed E-state index contributed by atoms with van der Waals surface area (Å²) in [6.45, 7) is 0.548. The standard InChI is InChI=1S/C19H17NO4/c1-23-19(22)15-6-8-16(9-7-15)24-18(21)11-13-20-12-10-14-4-2-3-5-17(14)20/h2-10,12H,11,13H2,1H3. The average Bonchev–Trinajstić information content (AvgIpc) is 3.03. The van der Waals surface area contributed by atoms with E-state index in [9.17, 15) is 9.59 Å². The van der Waals surface area contributed by atoms with Crippen molar-refractivity contribution in [1.29, 1.82) is 0 Å². The molecule has 2 aromatic carbocycles. The summed E-state index contributed by atoms with van der Waals surface area (Å²) in [5.41, 5.74) is 1.50. The number of carbonyl (C=O) groups excluding carboxylic acids is 2. The first kappa shape index (κ1) is 15.8. The number of hydrogen-bond donors (Lipinski definition) is 0. The van der Waals surface area contributed by atoms with Crippen LogP contribution in [0.15, 0.2) is 60.8 Å². The molecule has 0 aliphatic heterocycles. The highest BCUT2D eigenvalue weighted by Gasteiger charge is 2.09. The molecule has 0 atom stereocenters. The van der Waals surface area contributed by atoms with E-state index < -0.39 is 5.97 Å². The van der Waals surface area contributed by atoms with Crippen molar-refractivity contribution in [3.05, 3.63) is 66.4 Å². The Morgan fingerprint density at radius 1 is 1.00 bits per heavy atom. The molecule has 1 heterocycles. The van der Waals surface area contributed by atoms with Gasteiger partial charge in [-0.3, -0.25) is 4.79 Å². The van der Waals surface area contributed by atoms with Gasteiger partial charge in [0, 0.05) is 18.3 Å². The van der Waals surface area contributed by atoms with Gasteiger partial charge in [-0.05, 0) is 41.8 Å². The number of esters is 2. The van der Waals surface area contributed by atoms with E-state index in [0.29, 0.717) is 17.9 Å². The maximum absolute atomic E-state index is 12.0. The molecule has 0 amide bonds. The van der Waals surface area contributed by atoms with Crippen LogP contribution in [-0.2, 0) is 16.1 Å². The Bertz CT molecular complexity index is 864. The molecule has 122 valence electrons. The number of rotatable bonds is 5. The minimum absolute atomic E-state index is 0.261. The largest absolute Gasteiger partial charge is 0.465 e. The molecule has 3 aromatic rings. The molecule has 0 bridgehead atoms. The van der Waals surface area contributed by atoms with E-state index in [-0.39, 0.29) is 12.4 Å². The monoisotopic (exact) mass is 323 g/mol. The van der Waals surface area contributed by atoms with E-state index in [1.807, 2.05) is 41.1 Å². The molecule has 0 spiro atoms. The third kappa shape index (κ3) is 3.46. The number of aromatic nitrogens is 1. The summed E-state index contributed by atoms with van der Waals surface area (Å²) in [6.07, 6.45) is 2.22. The number of aryl methyl sites for hydroxylation is 1. The molecule has 0 radical (unpaired) electrons. The van der Waals surface area contributed by atoms with Crippen molar-refractivity contribution in [2.24, 2.45) is 0 Å². The summed E-state index contributed by atoms with van der Waals surface area (Å²) in [5.74, 6) is -0.337. The maximum Gasteiger partial charge on any atom is 0.337 e. The summed E-state index contributed by atoms with van der Waals surface area (Å²) in [4.78, 5) is 23.3. The summed E-state index contributed by atoms with van der Waals surface area (Å²) in [5, 5.41) is 1.14. The van der Waals surface area contributed by atoms with Crippen LogP contribution in [0.5, 0.6) is 5.75 Å². The van der Waals surface area contributed by atoms with Gasteiger partial charge in [-0.1, -0.05) is 18.2 Å². The van der Waals surface area contributed by atoms with E-state index in [2.05, 4.69) is 4.74 Å². The Morgan fingerprint density at radius 3 is 2.50 bits per heavy atom. The van der Waals surface area contributed by atoms with Gasteiger partial charge < -0.3 is 14.0 Å². The molecule has 3 rings (SSSR count). The number of nitrogens with zero attached hydrogens (tertiary/aromatic N) is 1. The number of methoxy groups -OCH3 is 1. The lowest BCUT2D eigenvalue weighted by atomic mass is 10.2. The molecule has 0 saturated heterocycles. The summed E-state index contributed by atoms with van der Waals surface area (Å²) in [6, 6.07) is 16.3. The van der Waals surface area contributed by atoms with Crippen molar-refractivity contribution in [2.45, 2.75) is 13.0 Å². The highest BCUT2D eigenvalue weighted by atomic mass is 16.5. The second kappa shape index (κ2) is 7.00. The zero-order valence-corrected chi connectivity index (χ0v) is 13.3. The van der Waals surface area contributed by atoms with Gasteiger partial charge in [0.2, 0.25) is 0 Å². The topological polar surface area (TPSA) is 57.5 Å². The van der Waals surface area contributed by atoms with Gasteiger partial charge in [0.25, 0.3) is 0 Å². The number of ether oxygens (including phenoxy) is 2. The Morgan fingerprint density at radius 2 is 1.75 bits per heavy atom. The van der Waals surface area contributed by atoms with Crippen LogP contribution < -0.4 is 4.74 Å². The number of carbonyl (C=O) groups is 2. The second-order valence-electron chi connectivity index (χ2n) is 5.31. The molecule has 0 unspecified atom stereocenters. The molecule has 0 aliphatic carbocycles. The minimum Gasteiger partial charge on any atom is -0.465 e. The van der Waals surface area contributed by atoms with Gasteiger partial charge in [0.15, 0.2) is 0 Å². The van der Waals surface area contributed by atoms with Crippen molar-refractivity contribution in [3.63, 3.8) is 0 Å². The normalized spacial score (nSPS) is 10.5. The lowest BCUT2D eigenvalue weighted by molar-refractivity contribution is -0.134. The summed E-state index contributed by atoms with van der Waals surface area (Å²) in [7, 11) is 1.32. The van der Waals surface area contributed by atoms with E-state index >= 15 is 0 Å². The van der Waals surface area contributed by atoms with Crippen molar-refractivity contribution in [3.8, 4) is 5.75 Å². The van der Waals surface area contributed by atoms with Crippen LogP contribution in [-0.4, -0.2) is 23.6 Å². The Balaban J connectivity index is 1.58. The fourth-order valence-electron chi connectivity index (χ4n) is 2.51. The fourth-order valence-corrected chi connectivity index (χ4v) is 2.51. The van der Waals surface area contributed by atoms with Crippen molar-refractivity contribution >= 4 is 22.8 Å². The van der Waals surface area contributed by atoms with Gasteiger partial charge in [-0.25, -0.2) is 4.79 Å². The highest BCUT2D eigenvalue weighted by molar-refractivity contribution is 5.89. The van der Waals surface area contributed by atoms with Crippen LogP contribution in [0.2, 0.25) is 0 Å². The second-order valence-corrected chi connectivity index (χ2v) is 5.31. The zero-order chi connectivity index (χ0) is 16.9. The molecular formula is C19H17NO4. The first-order valence-corrected chi connectivity index (χ1v) is 7.60. The van der Waals surface area contributed by atoms with Crippen molar-refractivity contribution < 1.29 is 19.1 Å². The van der Waals surface area contributed by atoms with Crippen LogP contribution in [0.1, 0.15) is 16.8 Å². The molecule has 0 aliphatic rings. The maximum atomic E-state index is 12.0. The lowest BCUT2D eigenvalue weighted by Crippen LogP contribution is -2.11. The molecule has 24 heavy (non-hydrogen) atoms. The predicted octanol–water partition coefficient (Wildman–Crippen LogP) is 3.42. The van der Waals surface area contributed by atoms with Crippen molar-refractivity contribution in [2.75, 3.05) is 7.11 Å². The first-order chi connectivity index (χ1) is 11.7. The molecule has 5 heteroatoms. The van der Waals surface area contributed by atoms with Gasteiger partial charge >= 0.3 is 11.9 Å². The quantitative estimate of drug-likeness (QED) is 0.533. The smallest absolute Gasteiger partial charge is 0.337 e.